The molecular formula is C17H29BN2O3. The van der Waals surface area contributed by atoms with Gasteiger partial charge >= 0.3 is 7.12 Å². The Balaban J connectivity index is 2.35. The summed E-state index contributed by atoms with van der Waals surface area (Å²) in [6, 6.07) is 0. The van der Waals surface area contributed by atoms with E-state index in [2.05, 4.69) is 11.7 Å². The minimum Gasteiger partial charge on any atom is -0.472 e. The summed E-state index contributed by atoms with van der Waals surface area (Å²) in [5.74, 6) is 0.501. The van der Waals surface area contributed by atoms with Gasteiger partial charge in [-0.1, -0.05) is 0 Å². The average Bonchev–Trinajstić information content (AvgIpc) is 2.71. The standard InChI is InChI=1S/C17H29BN2O3/c1-11-14(18-22-16(7,8)17(9,10)23-18)12(2)20(19-11)13(3)21-15(4,5)6/h3H2,1-2,4-10H3. The predicted octanol–water partition coefficient (Wildman–Crippen LogP) is 3.04. The van der Waals surface area contributed by atoms with Crippen LogP contribution in [-0.4, -0.2) is 33.7 Å². The van der Waals surface area contributed by atoms with Gasteiger partial charge in [-0.2, -0.15) is 5.10 Å². The second-order valence-corrected chi connectivity index (χ2v) is 8.19. The first kappa shape index (κ1) is 18.1. The number of hydrogen-bond acceptors (Lipinski definition) is 4. The van der Waals surface area contributed by atoms with Gasteiger partial charge in [0.25, 0.3) is 0 Å². The Morgan fingerprint density at radius 3 is 2.04 bits per heavy atom. The van der Waals surface area contributed by atoms with Crippen LogP contribution >= 0.6 is 0 Å². The van der Waals surface area contributed by atoms with Gasteiger partial charge in [0.15, 0.2) is 0 Å². The second-order valence-electron chi connectivity index (χ2n) is 8.19. The van der Waals surface area contributed by atoms with Gasteiger partial charge < -0.3 is 14.0 Å². The first-order valence-corrected chi connectivity index (χ1v) is 8.05. The lowest BCUT2D eigenvalue weighted by Gasteiger charge is -2.32. The number of aromatic nitrogens is 2. The first-order valence-electron chi connectivity index (χ1n) is 8.05. The molecule has 0 unspecified atom stereocenters. The molecule has 0 bridgehead atoms. The average molecular weight is 320 g/mol. The molecule has 0 atom stereocenters. The SMILES string of the molecule is C=C(OC(C)(C)C)n1nc(C)c(B2OC(C)(C)C(C)(C)O2)c1C. The smallest absolute Gasteiger partial charge is 0.472 e. The molecule has 5 nitrogen and oxygen atoms in total. The van der Waals surface area contributed by atoms with Crippen LogP contribution in [0.2, 0.25) is 0 Å². The highest BCUT2D eigenvalue weighted by Gasteiger charge is 2.53. The molecule has 1 saturated heterocycles. The Hall–Kier alpha value is -1.27. The number of aryl methyl sites for hydroxylation is 1. The number of nitrogens with zero attached hydrogens (tertiary/aromatic N) is 2. The molecule has 0 aliphatic carbocycles. The molecule has 0 saturated carbocycles. The summed E-state index contributed by atoms with van der Waals surface area (Å²) in [6.07, 6.45) is 0. The van der Waals surface area contributed by atoms with E-state index in [-0.39, 0.29) is 16.8 Å². The van der Waals surface area contributed by atoms with Crippen LogP contribution in [0.4, 0.5) is 0 Å². The zero-order valence-electron chi connectivity index (χ0n) is 15.9. The van der Waals surface area contributed by atoms with Gasteiger partial charge in [0.05, 0.1) is 16.9 Å². The van der Waals surface area contributed by atoms with E-state index >= 15 is 0 Å². The van der Waals surface area contributed by atoms with Crippen molar-refractivity contribution in [3.8, 4) is 0 Å². The van der Waals surface area contributed by atoms with Crippen LogP contribution in [0.15, 0.2) is 6.58 Å². The van der Waals surface area contributed by atoms with Gasteiger partial charge in [-0.15, -0.1) is 0 Å². The van der Waals surface area contributed by atoms with Crippen LogP contribution in [0.1, 0.15) is 59.9 Å². The van der Waals surface area contributed by atoms with Crippen LogP contribution in [0.3, 0.4) is 0 Å². The Bertz CT molecular complexity index is 611. The zero-order chi connectivity index (χ0) is 17.8. The largest absolute Gasteiger partial charge is 0.498 e. The van der Waals surface area contributed by atoms with Crippen molar-refractivity contribution in [1.29, 1.82) is 0 Å². The zero-order valence-corrected chi connectivity index (χ0v) is 15.9. The fraction of sp³-hybridized carbons (Fsp3) is 0.706. The maximum absolute atomic E-state index is 6.16. The maximum atomic E-state index is 6.16. The molecule has 1 fully saturated rings. The van der Waals surface area contributed by atoms with Gasteiger partial charge in [0.1, 0.15) is 5.60 Å². The van der Waals surface area contributed by atoms with Crippen LogP contribution in [0.5, 0.6) is 0 Å². The topological polar surface area (TPSA) is 45.5 Å². The van der Waals surface area contributed by atoms with Crippen molar-refractivity contribution in [2.24, 2.45) is 0 Å². The fourth-order valence-corrected chi connectivity index (χ4v) is 2.60. The monoisotopic (exact) mass is 320 g/mol. The molecule has 6 heteroatoms. The first-order chi connectivity index (χ1) is 10.3. The lowest BCUT2D eigenvalue weighted by Crippen LogP contribution is -2.41. The van der Waals surface area contributed by atoms with Crippen molar-refractivity contribution >= 4 is 18.5 Å². The molecule has 0 N–H and O–H groups in total. The molecule has 23 heavy (non-hydrogen) atoms. The normalized spacial score (nSPS) is 20.0. The third-order valence-electron chi connectivity index (χ3n) is 4.50. The molecule has 1 aromatic rings. The summed E-state index contributed by atoms with van der Waals surface area (Å²) in [5.41, 5.74) is 1.65. The highest BCUT2D eigenvalue weighted by atomic mass is 16.7. The van der Waals surface area contributed by atoms with E-state index in [4.69, 9.17) is 14.0 Å². The molecule has 0 spiro atoms. The molecule has 0 radical (unpaired) electrons. The van der Waals surface area contributed by atoms with Crippen molar-refractivity contribution in [1.82, 2.24) is 9.78 Å². The third kappa shape index (κ3) is 3.33. The van der Waals surface area contributed by atoms with Gasteiger partial charge in [-0.05, 0) is 68.9 Å². The van der Waals surface area contributed by atoms with Crippen molar-refractivity contribution in [3.63, 3.8) is 0 Å². The van der Waals surface area contributed by atoms with Crippen molar-refractivity contribution in [3.05, 3.63) is 18.0 Å². The highest BCUT2D eigenvalue weighted by molar-refractivity contribution is 6.63. The number of ether oxygens (including phenoxy) is 1. The fourth-order valence-electron chi connectivity index (χ4n) is 2.60. The predicted molar refractivity (Wildman–Crippen MR) is 93.6 cm³/mol. The Morgan fingerprint density at radius 1 is 1.13 bits per heavy atom. The molecule has 2 heterocycles. The quantitative estimate of drug-likeness (QED) is 0.634. The highest BCUT2D eigenvalue weighted by Crippen LogP contribution is 2.37. The third-order valence-corrected chi connectivity index (χ3v) is 4.50. The van der Waals surface area contributed by atoms with Crippen molar-refractivity contribution < 1.29 is 14.0 Å². The van der Waals surface area contributed by atoms with Crippen LogP contribution in [-0.2, 0) is 14.0 Å². The van der Waals surface area contributed by atoms with E-state index in [1.165, 1.54) is 0 Å². The maximum Gasteiger partial charge on any atom is 0.498 e. The van der Waals surface area contributed by atoms with E-state index < -0.39 is 7.12 Å². The molecular weight excluding hydrogens is 291 g/mol. The lowest BCUT2D eigenvalue weighted by molar-refractivity contribution is 0.00578. The molecule has 1 aromatic heterocycles. The summed E-state index contributed by atoms with van der Waals surface area (Å²) in [5, 5.41) is 4.57. The molecule has 1 aliphatic heterocycles. The van der Waals surface area contributed by atoms with Crippen LogP contribution in [0.25, 0.3) is 5.88 Å². The Kier molecular flexibility index (Phi) is 4.23. The van der Waals surface area contributed by atoms with Gasteiger partial charge in [0.2, 0.25) is 5.88 Å². The second kappa shape index (κ2) is 5.38. The van der Waals surface area contributed by atoms with Crippen molar-refractivity contribution in [2.45, 2.75) is 79.1 Å². The number of rotatable bonds is 3. The van der Waals surface area contributed by atoms with E-state index in [9.17, 15) is 0 Å². The summed E-state index contributed by atoms with van der Waals surface area (Å²) < 4.78 is 19.9. The van der Waals surface area contributed by atoms with E-state index in [1.807, 2.05) is 62.3 Å². The van der Waals surface area contributed by atoms with E-state index in [0.717, 1.165) is 16.9 Å². The molecule has 0 aromatic carbocycles. The number of hydrogen-bond donors (Lipinski definition) is 0. The van der Waals surface area contributed by atoms with Gasteiger partial charge in [-0.3, -0.25) is 0 Å². The van der Waals surface area contributed by atoms with Gasteiger partial charge in [-0.25, -0.2) is 4.68 Å². The summed E-state index contributed by atoms with van der Waals surface area (Å²) >= 11 is 0. The molecule has 1 aliphatic rings. The summed E-state index contributed by atoms with van der Waals surface area (Å²) in [6.45, 7) is 22.1. The minimum atomic E-state index is -0.434. The minimum absolute atomic E-state index is 0.326. The van der Waals surface area contributed by atoms with Crippen LogP contribution < -0.4 is 5.46 Å². The summed E-state index contributed by atoms with van der Waals surface area (Å²) in [7, 11) is -0.434. The summed E-state index contributed by atoms with van der Waals surface area (Å²) in [4.78, 5) is 0. The molecule has 0 amide bonds. The van der Waals surface area contributed by atoms with Crippen molar-refractivity contribution in [2.75, 3.05) is 0 Å². The van der Waals surface area contributed by atoms with Gasteiger partial charge in [0, 0.05) is 11.2 Å². The Labute approximate surface area is 140 Å². The molecule has 2 rings (SSSR count). The Morgan fingerprint density at radius 2 is 1.61 bits per heavy atom. The lowest BCUT2D eigenvalue weighted by atomic mass is 9.77. The van der Waals surface area contributed by atoms with E-state index in [1.54, 1.807) is 4.68 Å². The van der Waals surface area contributed by atoms with Crippen LogP contribution in [0, 0.1) is 13.8 Å². The molecule has 128 valence electrons. The van der Waals surface area contributed by atoms with E-state index in [0.29, 0.717) is 5.88 Å².